The van der Waals surface area contributed by atoms with Crippen LogP contribution in [0.3, 0.4) is 0 Å². The summed E-state index contributed by atoms with van der Waals surface area (Å²) in [5.41, 5.74) is -4.47. The van der Waals surface area contributed by atoms with Gasteiger partial charge < -0.3 is 0 Å². The molecule has 0 spiro atoms. The van der Waals surface area contributed by atoms with E-state index >= 15 is 0 Å². The Balaban J connectivity index is 2.89. The van der Waals surface area contributed by atoms with Gasteiger partial charge in [-0.3, -0.25) is 0 Å². The zero-order chi connectivity index (χ0) is 17.5. The second-order valence-electron chi connectivity index (χ2n) is 4.66. The van der Waals surface area contributed by atoms with Crippen molar-refractivity contribution in [3.05, 3.63) is 58.4 Å². The molecule has 0 aliphatic rings. The molecule has 0 heterocycles. The molecular formula is C15H8F8. The minimum Gasteiger partial charge on any atom is -0.207 e. The highest BCUT2D eigenvalue weighted by Gasteiger charge is 2.42. The zero-order valence-electron chi connectivity index (χ0n) is 11.5. The van der Waals surface area contributed by atoms with Crippen molar-refractivity contribution in [3.8, 4) is 11.1 Å². The van der Waals surface area contributed by atoms with E-state index in [9.17, 15) is 35.1 Å². The Kier molecular flexibility index (Phi) is 4.37. The molecule has 0 radical (unpaired) electrons. The molecule has 2 rings (SSSR count). The van der Waals surface area contributed by atoms with Gasteiger partial charge in [-0.1, -0.05) is 13.0 Å². The van der Waals surface area contributed by atoms with Crippen LogP contribution in [0, 0.1) is 29.1 Å². The Morgan fingerprint density at radius 2 is 1.35 bits per heavy atom. The maximum atomic E-state index is 14.0. The van der Waals surface area contributed by atoms with Crippen molar-refractivity contribution in [2.75, 3.05) is 0 Å². The zero-order valence-corrected chi connectivity index (χ0v) is 11.5. The van der Waals surface area contributed by atoms with E-state index in [2.05, 4.69) is 0 Å². The summed E-state index contributed by atoms with van der Waals surface area (Å²) in [7, 11) is 0. The van der Waals surface area contributed by atoms with Gasteiger partial charge in [0.25, 0.3) is 0 Å². The van der Waals surface area contributed by atoms with Gasteiger partial charge in [-0.05, 0) is 29.7 Å². The van der Waals surface area contributed by atoms with Gasteiger partial charge in [0.15, 0.2) is 23.3 Å². The molecular weight excluding hydrogens is 332 g/mol. The summed E-state index contributed by atoms with van der Waals surface area (Å²) < 4.78 is 106. The summed E-state index contributed by atoms with van der Waals surface area (Å²) in [4.78, 5) is 0. The van der Waals surface area contributed by atoms with E-state index in [-0.39, 0.29) is 12.0 Å². The average Bonchev–Trinajstić information content (AvgIpc) is 2.44. The Labute approximate surface area is 125 Å². The van der Waals surface area contributed by atoms with Crippen molar-refractivity contribution in [3.63, 3.8) is 0 Å². The first-order chi connectivity index (χ1) is 10.6. The number of hydrogen-bond donors (Lipinski definition) is 0. The lowest BCUT2D eigenvalue weighted by Crippen LogP contribution is -2.16. The highest BCUT2D eigenvalue weighted by molar-refractivity contribution is 5.69. The molecule has 0 saturated heterocycles. The van der Waals surface area contributed by atoms with Gasteiger partial charge in [-0.25, -0.2) is 22.0 Å². The molecule has 8 heteroatoms. The van der Waals surface area contributed by atoms with Crippen LogP contribution in [0.15, 0.2) is 18.2 Å². The first-order valence-corrected chi connectivity index (χ1v) is 6.31. The van der Waals surface area contributed by atoms with E-state index in [4.69, 9.17) is 0 Å². The third kappa shape index (κ3) is 2.89. The number of rotatable bonds is 2. The van der Waals surface area contributed by atoms with E-state index in [1.165, 1.54) is 6.92 Å². The monoisotopic (exact) mass is 340 g/mol. The molecule has 0 aliphatic heterocycles. The van der Waals surface area contributed by atoms with Crippen LogP contribution in [0.1, 0.15) is 18.1 Å². The Morgan fingerprint density at radius 3 is 1.78 bits per heavy atom. The molecule has 2 aromatic carbocycles. The fraction of sp³-hybridized carbons (Fsp3) is 0.200. The van der Waals surface area contributed by atoms with Crippen LogP contribution < -0.4 is 0 Å². The lowest BCUT2D eigenvalue weighted by Gasteiger charge is -2.16. The van der Waals surface area contributed by atoms with Crippen molar-refractivity contribution >= 4 is 0 Å². The number of benzene rings is 2. The number of alkyl halides is 3. The number of hydrogen-bond acceptors (Lipinski definition) is 0. The average molecular weight is 340 g/mol. The minimum atomic E-state index is -5.62. The van der Waals surface area contributed by atoms with E-state index < -0.39 is 52.0 Å². The predicted octanol–water partition coefficient (Wildman–Crippen LogP) is 5.63. The van der Waals surface area contributed by atoms with Gasteiger partial charge in [0.2, 0.25) is 0 Å². The SMILES string of the molecule is CCc1ccc(F)cc1-c1c(F)c(F)c(C(F)(F)F)c(F)c1F. The standard InChI is InChI=1S/C15H8F8/c1-2-6-3-4-7(16)5-8(6)9-11(17)13(19)10(15(21,22)23)14(20)12(9)18/h3-5H,2H2,1H3. The molecule has 0 fully saturated rings. The van der Waals surface area contributed by atoms with E-state index in [1.807, 2.05) is 0 Å². The van der Waals surface area contributed by atoms with Crippen molar-refractivity contribution in [1.82, 2.24) is 0 Å². The summed E-state index contributed by atoms with van der Waals surface area (Å²) in [6.07, 6.45) is -5.51. The molecule has 0 unspecified atom stereocenters. The van der Waals surface area contributed by atoms with Crippen LogP contribution in [0.4, 0.5) is 35.1 Å². The fourth-order valence-corrected chi connectivity index (χ4v) is 2.21. The van der Waals surface area contributed by atoms with Gasteiger partial charge >= 0.3 is 6.18 Å². The molecule has 0 amide bonds. The van der Waals surface area contributed by atoms with Gasteiger partial charge in [-0.2, -0.15) is 13.2 Å². The third-order valence-corrected chi connectivity index (χ3v) is 3.27. The first-order valence-electron chi connectivity index (χ1n) is 6.31. The lowest BCUT2D eigenvalue weighted by atomic mass is 9.95. The molecule has 124 valence electrons. The van der Waals surface area contributed by atoms with Crippen LogP contribution in [-0.4, -0.2) is 0 Å². The van der Waals surface area contributed by atoms with Crippen LogP contribution in [-0.2, 0) is 12.6 Å². The first kappa shape index (κ1) is 17.2. The lowest BCUT2D eigenvalue weighted by molar-refractivity contribution is -0.143. The molecule has 0 saturated carbocycles. The van der Waals surface area contributed by atoms with E-state index in [0.29, 0.717) is 6.07 Å². The summed E-state index contributed by atoms with van der Waals surface area (Å²) in [5.74, 6) is -10.6. The molecule has 0 nitrogen and oxygen atoms in total. The Hall–Kier alpha value is -2.12. The fourth-order valence-electron chi connectivity index (χ4n) is 2.21. The van der Waals surface area contributed by atoms with Crippen LogP contribution >= 0.6 is 0 Å². The summed E-state index contributed by atoms with van der Waals surface area (Å²) in [5, 5.41) is 0. The van der Waals surface area contributed by atoms with E-state index in [0.717, 1.165) is 12.1 Å². The molecule has 23 heavy (non-hydrogen) atoms. The van der Waals surface area contributed by atoms with Crippen molar-refractivity contribution in [2.24, 2.45) is 0 Å². The highest BCUT2D eigenvalue weighted by Crippen LogP contribution is 2.40. The summed E-state index contributed by atoms with van der Waals surface area (Å²) >= 11 is 0. The summed E-state index contributed by atoms with van der Waals surface area (Å²) in [6, 6.07) is 2.68. The molecule has 0 aromatic heterocycles. The Bertz CT molecular complexity index is 732. The smallest absolute Gasteiger partial charge is 0.207 e. The minimum absolute atomic E-state index is 0.110. The van der Waals surface area contributed by atoms with Gasteiger partial charge in [0, 0.05) is 0 Å². The largest absolute Gasteiger partial charge is 0.422 e. The second kappa shape index (κ2) is 5.82. The highest BCUT2D eigenvalue weighted by atomic mass is 19.4. The molecule has 0 bridgehead atoms. The molecule has 0 N–H and O–H groups in total. The second-order valence-corrected chi connectivity index (χ2v) is 4.66. The molecule has 2 aromatic rings. The van der Waals surface area contributed by atoms with Crippen LogP contribution in [0.2, 0.25) is 0 Å². The van der Waals surface area contributed by atoms with Crippen molar-refractivity contribution in [2.45, 2.75) is 19.5 Å². The normalized spacial score (nSPS) is 11.9. The summed E-state index contributed by atoms with van der Waals surface area (Å²) in [6.45, 7) is 1.52. The van der Waals surface area contributed by atoms with Crippen LogP contribution in [0.25, 0.3) is 11.1 Å². The number of aryl methyl sites for hydroxylation is 1. The van der Waals surface area contributed by atoms with Gasteiger partial charge in [-0.15, -0.1) is 0 Å². The van der Waals surface area contributed by atoms with Crippen molar-refractivity contribution in [1.29, 1.82) is 0 Å². The Morgan fingerprint density at radius 1 is 0.826 bits per heavy atom. The van der Waals surface area contributed by atoms with Gasteiger partial charge in [0.1, 0.15) is 11.4 Å². The topological polar surface area (TPSA) is 0 Å². The number of halogens is 8. The molecule has 0 aliphatic carbocycles. The van der Waals surface area contributed by atoms with Gasteiger partial charge in [0.05, 0.1) is 5.56 Å². The third-order valence-electron chi connectivity index (χ3n) is 3.27. The van der Waals surface area contributed by atoms with Crippen molar-refractivity contribution < 1.29 is 35.1 Å². The van der Waals surface area contributed by atoms with E-state index in [1.54, 1.807) is 0 Å². The predicted molar refractivity (Wildman–Crippen MR) is 66.0 cm³/mol. The van der Waals surface area contributed by atoms with Crippen LogP contribution in [0.5, 0.6) is 0 Å². The quantitative estimate of drug-likeness (QED) is 0.491. The maximum Gasteiger partial charge on any atom is 0.422 e. The molecule has 0 atom stereocenters. The maximum absolute atomic E-state index is 14.0.